The number of nitrogens with one attached hydrogen (secondary N) is 1. The molecule has 1 amide bonds. The third-order valence-corrected chi connectivity index (χ3v) is 19.9. The molecule has 0 spiro atoms. The number of allylic oxidation sites excluding steroid dienone is 15. The first-order valence-corrected chi connectivity index (χ1v) is 41.0. The number of aliphatic hydroxyl groups is 11. The second-order valence-electron chi connectivity index (χ2n) is 28.8. The average molecular weight is 1460 g/mol. The molecule has 19 heteroatoms. The minimum atomic E-state index is -1.99. The fourth-order valence-electron chi connectivity index (χ4n) is 13.3. The van der Waals surface area contributed by atoms with Gasteiger partial charge in [-0.2, -0.15) is 0 Å². The lowest BCUT2D eigenvalue weighted by Crippen LogP contribution is -2.66. The smallest absolute Gasteiger partial charge is 0.220 e. The quantitative estimate of drug-likeness (QED) is 0.0199. The lowest BCUT2D eigenvalue weighted by molar-refractivity contribution is -0.379. The summed E-state index contributed by atoms with van der Waals surface area (Å²) in [6.07, 6.45) is 59.7. The van der Waals surface area contributed by atoms with Crippen LogP contribution in [0, 0.1) is 0 Å². The van der Waals surface area contributed by atoms with Gasteiger partial charge in [0.2, 0.25) is 5.91 Å². The summed E-state index contributed by atoms with van der Waals surface area (Å²) in [4.78, 5) is 13.5. The van der Waals surface area contributed by atoms with E-state index in [0.717, 1.165) is 96.3 Å². The Morgan fingerprint density at radius 2 is 0.680 bits per heavy atom. The van der Waals surface area contributed by atoms with Crippen LogP contribution < -0.4 is 5.32 Å². The van der Waals surface area contributed by atoms with Gasteiger partial charge in [0.25, 0.3) is 0 Å². The van der Waals surface area contributed by atoms with Crippen LogP contribution >= 0.6 is 0 Å². The standard InChI is InChI=1S/C84H147NO18/c1-3-5-7-9-11-13-15-17-19-21-23-25-27-29-30-31-32-33-34-35-36-38-39-41-43-45-47-49-51-53-55-57-59-61-68(89)67(85-72(90)62-60-58-56-54-52-50-48-46-44-42-40-37-28-26-24-22-20-18-16-14-12-10-8-6-4-2)66-98-82-78(96)75(93)80(70(64-87)100-82)103-84-79(97)76(94)81(71(65-88)101-84)102-83-77(95)74(92)73(91)69(63-86)99-83/h6,8,12,14,18,20,24,26,37,40,44,46,51,53,59,61,67-71,73-84,86-89,91-97H,3-5,7,9-11,13,15-17,19,21-23,25,27-36,38-39,41-43,45,47-50,52,54-58,60,62-66H2,1-2H3,(H,85,90)/b8-6-,14-12-,20-18-,26-24-,40-37-,46-44-,53-51+,61-59+. The number of carbonyl (C=O) groups excluding carboxylic acids is 1. The highest BCUT2D eigenvalue weighted by atomic mass is 16.8. The maximum atomic E-state index is 13.5. The Morgan fingerprint density at radius 3 is 1.09 bits per heavy atom. The van der Waals surface area contributed by atoms with Crippen molar-refractivity contribution in [2.45, 2.75) is 401 Å². The summed E-state index contributed by atoms with van der Waals surface area (Å²) < 4.78 is 34.4. The van der Waals surface area contributed by atoms with Crippen molar-refractivity contribution in [2.24, 2.45) is 0 Å². The number of unbranched alkanes of at least 4 members (excludes halogenated alkanes) is 34. The Morgan fingerprint density at radius 1 is 0.359 bits per heavy atom. The largest absolute Gasteiger partial charge is 0.394 e. The van der Waals surface area contributed by atoms with Gasteiger partial charge in [-0.05, 0) is 83.5 Å². The van der Waals surface area contributed by atoms with Crippen LogP contribution in [-0.4, -0.2) is 193 Å². The van der Waals surface area contributed by atoms with Gasteiger partial charge in [0.05, 0.1) is 38.6 Å². The summed E-state index contributed by atoms with van der Waals surface area (Å²) in [5, 5.41) is 121. The Balaban J connectivity index is 1.39. The molecule has 0 radical (unpaired) electrons. The second-order valence-corrected chi connectivity index (χ2v) is 28.8. The predicted molar refractivity (Wildman–Crippen MR) is 411 cm³/mol. The van der Waals surface area contributed by atoms with Gasteiger partial charge in [0.15, 0.2) is 18.9 Å². The number of hydrogen-bond donors (Lipinski definition) is 12. The molecule has 3 heterocycles. The maximum absolute atomic E-state index is 13.5. The van der Waals surface area contributed by atoms with Gasteiger partial charge >= 0.3 is 0 Å². The van der Waals surface area contributed by atoms with Crippen LogP contribution in [0.4, 0.5) is 0 Å². The van der Waals surface area contributed by atoms with Crippen LogP contribution in [0.2, 0.25) is 0 Å². The first kappa shape index (κ1) is 93.9. The van der Waals surface area contributed by atoms with Gasteiger partial charge in [-0.3, -0.25) is 4.79 Å². The molecule has 12 N–H and O–H groups in total. The van der Waals surface area contributed by atoms with E-state index in [2.05, 4.69) is 104 Å². The molecule has 3 rings (SSSR count). The molecule has 0 aromatic heterocycles. The zero-order chi connectivity index (χ0) is 74.6. The number of amides is 1. The molecule has 0 aromatic carbocycles. The SMILES string of the molecule is CC/C=C\C/C=C\C/C=C\C/C=C\C/C=C\C/C=C\CCCCCCCCC(=O)NC(COC1OC(CO)C(OC2OC(CO)C(OC3OC(CO)C(O)C(O)C3O)C(O)C2O)C(O)C1O)C(O)/C=C/CC/C=C/CCCCCCCCCCCCCCCCCCCCCCCCCCCCC. The van der Waals surface area contributed by atoms with E-state index in [4.69, 9.17) is 28.4 Å². The van der Waals surface area contributed by atoms with Crippen molar-refractivity contribution in [3.8, 4) is 0 Å². The maximum Gasteiger partial charge on any atom is 0.220 e. The zero-order valence-corrected chi connectivity index (χ0v) is 63.8. The molecule has 103 heavy (non-hydrogen) atoms. The molecule has 17 unspecified atom stereocenters. The number of carbonyl (C=O) groups is 1. The van der Waals surface area contributed by atoms with E-state index in [9.17, 15) is 61.0 Å². The zero-order valence-electron chi connectivity index (χ0n) is 63.8. The number of rotatable bonds is 64. The average Bonchev–Trinajstić information content (AvgIpc) is 0.781. The predicted octanol–water partition coefficient (Wildman–Crippen LogP) is 14.0. The minimum absolute atomic E-state index is 0.213. The Labute approximate surface area is 622 Å². The Bertz CT molecular complexity index is 2240. The Hall–Kier alpha value is -3.29. The number of hydrogen-bond acceptors (Lipinski definition) is 18. The molecular weight excluding hydrogens is 1310 g/mol. The minimum Gasteiger partial charge on any atom is -0.394 e. The summed E-state index contributed by atoms with van der Waals surface area (Å²) in [6.45, 7) is 1.61. The van der Waals surface area contributed by atoms with Gasteiger partial charge in [-0.15, -0.1) is 0 Å². The van der Waals surface area contributed by atoms with Crippen LogP contribution in [0.1, 0.15) is 296 Å². The van der Waals surface area contributed by atoms with E-state index >= 15 is 0 Å². The van der Waals surface area contributed by atoms with Gasteiger partial charge in [0.1, 0.15) is 73.2 Å². The molecule has 19 nitrogen and oxygen atoms in total. The molecule has 0 saturated carbocycles. The molecule has 3 aliphatic heterocycles. The van der Waals surface area contributed by atoms with Crippen LogP contribution in [0.15, 0.2) is 97.2 Å². The van der Waals surface area contributed by atoms with E-state index in [-0.39, 0.29) is 18.9 Å². The molecule has 3 saturated heterocycles. The van der Waals surface area contributed by atoms with E-state index in [1.807, 2.05) is 6.08 Å². The summed E-state index contributed by atoms with van der Waals surface area (Å²) in [6, 6.07) is -1.01. The molecule has 0 aliphatic carbocycles. The van der Waals surface area contributed by atoms with Crippen molar-refractivity contribution in [2.75, 3.05) is 26.4 Å². The molecule has 3 aliphatic rings. The third-order valence-electron chi connectivity index (χ3n) is 19.9. The molecule has 0 aromatic rings. The number of ether oxygens (including phenoxy) is 6. The van der Waals surface area contributed by atoms with Crippen LogP contribution in [0.3, 0.4) is 0 Å². The van der Waals surface area contributed by atoms with E-state index < -0.39 is 124 Å². The monoisotopic (exact) mass is 1460 g/mol. The fourth-order valence-corrected chi connectivity index (χ4v) is 13.3. The highest BCUT2D eigenvalue weighted by molar-refractivity contribution is 5.76. The van der Waals surface area contributed by atoms with E-state index in [1.165, 1.54) is 167 Å². The summed E-state index contributed by atoms with van der Waals surface area (Å²) in [7, 11) is 0. The van der Waals surface area contributed by atoms with E-state index in [1.54, 1.807) is 6.08 Å². The van der Waals surface area contributed by atoms with Crippen molar-refractivity contribution >= 4 is 5.91 Å². The van der Waals surface area contributed by atoms with Gasteiger partial charge in [-0.1, -0.05) is 304 Å². The highest BCUT2D eigenvalue weighted by Crippen LogP contribution is 2.33. The van der Waals surface area contributed by atoms with Crippen LogP contribution in [0.25, 0.3) is 0 Å². The molecule has 0 bridgehead atoms. The second kappa shape index (κ2) is 63.6. The summed E-state index contributed by atoms with van der Waals surface area (Å²) in [5.41, 5.74) is 0. The Kier molecular flexibility index (Phi) is 58.0. The van der Waals surface area contributed by atoms with Crippen molar-refractivity contribution in [3.63, 3.8) is 0 Å². The lowest BCUT2D eigenvalue weighted by Gasteiger charge is -2.48. The fraction of sp³-hybridized carbons (Fsp3) is 0.798. The lowest BCUT2D eigenvalue weighted by atomic mass is 9.96. The third kappa shape index (κ3) is 43.5. The molecule has 17 atom stereocenters. The van der Waals surface area contributed by atoms with Crippen molar-refractivity contribution < 1.29 is 89.4 Å². The first-order chi connectivity index (χ1) is 50.3. The van der Waals surface area contributed by atoms with Crippen LogP contribution in [0.5, 0.6) is 0 Å². The first-order valence-electron chi connectivity index (χ1n) is 41.0. The van der Waals surface area contributed by atoms with Crippen molar-refractivity contribution in [1.29, 1.82) is 0 Å². The van der Waals surface area contributed by atoms with Gasteiger partial charge in [-0.25, -0.2) is 0 Å². The van der Waals surface area contributed by atoms with E-state index in [0.29, 0.717) is 12.8 Å². The topological polar surface area (TPSA) is 307 Å². The highest BCUT2D eigenvalue weighted by Gasteiger charge is 2.54. The summed E-state index contributed by atoms with van der Waals surface area (Å²) in [5.74, 6) is -0.301. The normalized spacial score (nSPS) is 26.6. The van der Waals surface area contributed by atoms with Crippen molar-refractivity contribution in [1.82, 2.24) is 5.32 Å². The van der Waals surface area contributed by atoms with Crippen LogP contribution in [-0.2, 0) is 33.2 Å². The number of aliphatic hydroxyl groups excluding tert-OH is 11. The summed E-state index contributed by atoms with van der Waals surface area (Å²) >= 11 is 0. The molecular formula is C84H147NO18. The van der Waals surface area contributed by atoms with Gasteiger partial charge in [0, 0.05) is 6.42 Å². The molecule has 3 fully saturated rings. The molecule has 596 valence electrons. The van der Waals surface area contributed by atoms with Gasteiger partial charge < -0.3 is 89.9 Å². The van der Waals surface area contributed by atoms with Crippen molar-refractivity contribution in [3.05, 3.63) is 97.2 Å².